The Labute approximate surface area is 119 Å². The van der Waals surface area contributed by atoms with Gasteiger partial charge in [-0.05, 0) is 38.8 Å². The predicted octanol–water partition coefficient (Wildman–Crippen LogP) is 3.81. The molecule has 102 valence electrons. The largest absolute Gasteiger partial charge is 0.307 e. The third-order valence-electron chi connectivity index (χ3n) is 4.25. The molecule has 1 aliphatic carbocycles. The Morgan fingerprint density at radius 3 is 2.68 bits per heavy atom. The van der Waals surface area contributed by atoms with Crippen LogP contribution in [-0.2, 0) is 12.0 Å². The van der Waals surface area contributed by atoms with Gasteiger partial charge in [0.2, 0.25) is 0 Å². The van der Waals surface area contributed by atoms with Gasteiger partial charge in [0, 0.05) is 23.5 Å². The van der Waals surface area contributed by atoms with Crippen LogP contribution in [-0.4, -0.2) is 20.4 Å². The van der Waals surface area contributed by atoms with Gasteiger partial charge in [-0.1, -0.05) is 12.8 Å². The molecule has 1 saturated carbocycles. The molecule has 0 radical (unpaired) electrons. The lowest BCUT2D eigenvalue weighted by Crippen LogP contribution is -2.28. The number of nitrogens with zero attached hydrogens (tertiary/aromatic N) is 3. The van der Waals surface area contributed by atoms with E-state index in [1.807, 2.05) is 13.0 Å². The molecule has 0 atom stereocenters. The van der Waals surface area contributed by atoms with Gasteiger partial charge in [-0.2, -0.15) is 0 Å². The van der Waals surface area contributed by atoms with E-state index >= 15 is 0 Å². The first-order valence-corrected chi connectivity index (χ1v) is 7.59. The zero-order chi connectivity index (χ0) is 13.5. The number of halogens is 1. The summed E-state index contributed by atoms with van der Waals surface area (Å²) in [7, 11) is 0. The second kappa shape index (κ2) is 4.78. The maximum atomic E-state index is 5.95. The molecule has 2 aromatic heterocycles. The highest BCUT2D eigenvalue weighted by atomic mass is 35.5. The molecule has 0 unspecified atom stereocenters. The summed E-state index contributed by atoms with van der Waals surface area (Å²) in [6.45, 7) is 4.37. The molecular weight excluding hydrogens is 258 g/mol. The quantitative estimate of drug-likeness (QED) is 0.799. The van der Waals surface area contributed by atoms with E-state index in [1.54, 1.807) is 0 Å². The first-order valence-electron chi connectivity index (χ1n) is 7.05. The van der Waals surface area contributed by atoms with Crippen molar-refractivity contribution < 1.29 is 0 Å². The second-order valence-corrected chi connectivity index (χ2v) is 6.18. The summed E-state index contributed by atoms with van der Waals surface area (Å²) in [5.74, 6) is 1.70. The number of rotatable bonds is 3. The number of hydrogen-bond acceptors (Lipinski definition) is 2. The molecule has 3 nitrogen and oxygen atoms in total. The Bertz CT molecular complexity index is 597. The molecule has 0 bridgehead atoms. The van der Waals surface area contributed by atoms with Crippen LogP contribution in [0, 0.1) is 6.92 Å². The van der Waals surface area contributed by atoms with E-state index in [0.717, 1.165) is 29.1 Å². The highest BCUT2D eigenvalue weighted by molar-refractivity contribution is 6.17. The van der Waals surface area contributed by atoms with Gasteiger partial charge in [0.25, 0.3) is 0 Å². The molecular formula is C15H20ClN3. The summed E-state index contributed by atoms with van der Waals surface area (Å²) in [6.07, 6.45) is 5.82. The zero-order valence-corrected chi connectivity index (χ0v) is 12.4. The van der Waals surface area contributed by atoms with Crippen molar-refractivity contribution in [1.82, 2.24) is 14.5 Å². The smallest absolute Gasteiger partial charge is 0.160 e. The fourth-order valence-electron chi connectivity index (χ4n) is 3.28. The zero-order valence-electron chi connectivity index (χ0n) is 11.6. The molecule has 4 heteroatoms. The van der Waals surface area contributed by atoms with Crippen LogP contribution >= 0.6 is 11.6 Å². The average Bonchev–Trinajstić information content (AvgIpc) is 2.94. The number of alkyl halides is 1. The Hall–Kier alpha value is -1.09. The predicted molar refractivity (Wildman–Crippen MR) is 78.8 cm³/mol. The molecule has 0 amide bonds. The molecule has 0 aliphatic heterocycles. The van der Waals surface area contributed by atoms with Gasteiger partial charge in [-0.15, -0.1) is 11.6 Å². The van der Waals surface area contributed by atoms with Crippen molar-refractivity contribution >= 4 is 22.8 Å². The second-order valence-electron chi connectivity index (χ2n) is 5.80. The number of aryl methyl sites for hydroxylation is 2. The highest BCUT2D eigenvalue weighted by Crippen LogP contribution is 2.39. The summed E-state index contributed by atoms with van der Waals surface area (Å²) in [4.78, 5) is 9.48. The monoisotopic (exact) mass is 277 g/mol. The summed E-state index contributed by atoms with van der Waals surface area (Å²) in [6, 6.07) is 4.10. The van der Waals surface area contributed by atoms with Crippen LogP contribution in [0.15, 0.2) is 12.1 Å². The Kier molecular flexibility index (Phi) is 3.25. The number of fused-ring (bicyclic) bond motifs is 1. The van der Waals surface area contributed by atoms with E-state index in [4.69, 9.17) is 21.6 Å². The molecule has 0 spiro atoms. The molecule has 2 aromatic rings. The van der Waals surface area contributed by atoms with Crippen molar-refractivity contribution in [3.05, 3.63) is 23.7 Å². The molecule has 1 aliphatic rings. The minimum absolute atomic E-state index is 0.164. The standard InChI is InChI=1S/C15H20ClN3/c1-11-5-6-12-14(17-11)19(13(18-12)7-10-16)15(2)8-3-4-9-15/h5-6H,3-4,7-10H2,1-2H3. The first-order chi connectivity index (χ1) is 9.14. The molecule has 2 heterocycles. The number of aromatic nitrogens is 3. The van der Waals surface area contributed by atoms with Crippen molar-refractivity contribution in [1.29, 1.82) is 0 Å². The molecule has 19 heavy (non-hydrogen) atoms. The van der Waals surface area contributed by atoms with Gasteiger partial charge in [0.05, 0.1) is 0 Å². The fourth-order valence-corrected chi connectivity index (χ4v) is 3.45. The van der Waals surface area contributed by atoms with Gasteiger partial charge in [-0.3, -0.25) is 0 Å². The normalized spacial score (nSPS) is 18.3. The lowest BCUT2D eigenvalue weighted by atomic mass is 10.00. The average molecular weight is 278 g/mol. The van der Waals surface area contributed by atoms with E-state index < -0.39 is 0 Å². The van der Waals surface area contributed by atoms with Crippen LogP contribution in [0.1, 0.15) is 44.1 Å². The number of hydrogen-bond donors (Lipinski definition) is 0. The van der Waals surface area contributed by atoms with Gasteiger partial charge in [-0.25, -0.2) is 9.97 Å². The number of pyridine rings is 1. The van der Waals surface area contributed by atoms with E-state index in [0.29, 0.717) is 5.88 Å². The van der Waals surface area contributed by atoms with Gasteiger partial charge < -0.3 is 4.57 Å². The van der Waals surface area contributed by atoms with Gasteiger partial charge in [0.15, 0.2) is 5.65 Å². The minimum atomic E-state index is 0.164. The Morgan fingerprint density at radius 1 is 1.26 bits per heavy atom. The molecule has 0 aromatic carbocycles. The fraction of sp³-hybridized carbons (Fsp3) is 0.600. The highest BCUT2D eigenvalue weighted by Gasteiger charge is 2.34. The summed E-state index contributed by atoms with van der Waals surface area (Å²) in [5.41, 5.74) is 3.24. The Morgan fingerprint density at radius 2 is 2.00 bits per heavy atom. The van der Waals surface area contributed by atoms with Crippen molar-refractivity contribution in [2.75, 3.05) is 5.88 Å². The third kappa shape index (κ3) is 2.14. The molecule has 0 N–H and O–H groups in total. The van der Waals surface area contributed by atoms with Crippen molar-refractivity contribution in [3.63, 3.8) is 0 Å². The van der Waals surface area contributed by atoms with Crippen LogP contribution in [0.5, 0.6) is 0 Å². The van der Waals surface area contributed by atoms with E-state index in [1.165, 1.54) is 25.7 Å². The molecule has 3 rings (SSSR count). The van der Waals surface area contributed by atoms with Crippen molar-refractivity contribution in [2.24, 2.45) is 0 Å². The van der Waals surface area contributed by atoms with Crippen LogP contribution in [0.25, 0.3) is 11.2 Å². The van der Waals surface area contributed by atoms with Crippen LogP contribution in [0.3, 0.4) is 0 Å². The lowest BCUT2D eigenvalue weighted by Gasteiger charge is -2.28. The third-order valence-corrected chi connectivity index (χ3v) is 4.44. The number of imidazole rings is 1. The first kappa shape index (κ1) is 12.9. The van der Waals surface area contributed by atoms with Gasteiger partial charge in [0.1, 0.15) is 11.3 Å². The minimum Gasteiger partial charge on any atom is -0.307 e. The van der Waals surface area contributed by atoms with Crippen molar-refractivity contribution in [3.8, 4) is 0 Å². The lowest BCUT2D eigenvalue weighted by molar-refractivity contribution is 0.327. The van der Waals surface area contributed by atoms with E-state index in [9.17, 15) is 0 Å². The Balaban J connectivity index is 2.23. The molecule has 1 fully saturated rings. The summed E-state index contributed by atoms with van der Waals surface area (Å²) >= 11 is 5.95. The maximum Gasteiger partial charge on any atom is 0.160 e. The van der Waals surface area contributed by atoms with E-state index in [2.05, 4.69) is 17.6 Å². The van der Waals surface area contributed by atoms with E-state index in [-0.39, 0.29) is 5.54 Å². The van der Waals surface area contributed by atoms with Crippen molar-refractivity contribution in [2.45, 2.75) is 51.5 Å². The molecule has 0 saturated heterocycles. The topological polar surface area (TPSA) is 30.7 Å². The van der Waals surface area contributed by atoms with Gasteiger partial charge >= 0.3 is 0 Å². The maximum absolute atomic E-state index is 5.95. The van der Waals surface area contributed by atoms with Crippen LogP contribution in [0.2, 0.25) is 0 Å². The van der Waals surface area contributed by atoms with Crippen LogP contribution < -0.4 is 0 Å². The SMILES string of the molecule is Cc1ccc2nc(CCCl)n(C3(C)CCCC3)c2n1. The summed E-state index contributed by atoms with van der Waals surface area (Å²) in [5, 5.41) is 0. The summed E-state index contributed by atoms with van der Waals surface area (Å²) < 4.78 is 2.37. The van der Waals surface area contributed by atoms with Crippen LogP contribution in [0.4, 0.5) is 0 Å².